The Kier molecular flexibility index (Phi) is 6.04. The van der Waals surface area contributed by atoms with Crippen LogP contribution in [0.25, 0.3) is 10.9 Å². The van der Waals surface area contributed by atoms with Gasteiger partial charge in [-0.25, -0.2) is 14.8 Å². The maximum Gasteiger partial charge on any atom is 0.352 e. The van der Waals surface area contributed by atoms with E-state index in [1.807, 2.05) is 0 Å². The fourth-order valence-corrected chi connectivity index (χ4v) is 4.43. The number of thiazole rings is 1. The Labute approximate surface area is 188 Å². The van der Waals surface area contributed by atoms with E-state index in [0.717, 1.165) is 0 Å². The zero-order valence-corrected chi connectivity index (χ0v) is 18.9. The largest absolute Gasteiger partial charge is 0.493 e. The number of fused-ring (bicyclic) bond motifs is 1. The standard InChI is InChI=1S/C20H25N7O4S/c1-4-31-18(28)15-17(22)25-20(32-15)27-7-5-26(6-8-27)19-23-12-10-14(30-3)13(29-2)9-11(12)16(21)24-19/h9-10H,4-8,22H2,1-3H3,(H2,21,23,24). The molecular formula is C20H25N7O4S. The van der Waals surface area contributed by atoms with E-state index in [2.05, 4.69) is 24.8 Å². The van der Waals surface area contributed by atoms with Crippen LogP contribution in [0.2, 0.25) is 0 Å². The number of nitrogens with two attached hydrogens (primary N) is 2. The van der Waals surface area contributed by atoms with Crippen molar-refractivity contribution in [1.82, 2.24) is 15.0 Å². The summed E-state index contributed by atoms with van der Waals surface area (Å²) >= 11 is 1.24. The molecule has 3 aromatic rings. The zero-order valence-electron chi connectivity index (χ0n) is 18.1. The minimum absolute atomic E-state index is 0.195. The summed E-state index contributed by atoms with van der Waals surface area (Å²) in [5, 5.41) is 1.40. The molecule has 1 aliphatic rings. The molecule has 0 aliphatic carbocycles. The summed E-state index contributed by atoms with van der Waals surface area (Å²) < 4.78 is 15.8. The Bertz CT molecular complexity index is 1140. The minimum Gasteiger partial charge on any atom is -0.493 e. The lowest BCUT2D eigenvalue weighted by Crippen LogP contribution is -2.47. The van der Waals surface area contributed by atoms with Gasteiger partial charge in [-0.05, 0) is 13.0 Å². The van der Waals surface area contributed by atoms with Crippen LogP contribution in [0.3, 0.4) is 0 Å². The number of benzene rings is 1. The first kappa shape index (κ1) is 21.7. The molecule has 0 saturated carbocycles. The van der Waals surface area contributed by atoms with Gasteiger partial charge in [0.15, 0.2) is 27.3 Å². The molecule has 0 unspecified atom stereocenters. The molecule has 4 N–H and O–H groups in total. The molecule has 2 aromatic heterocycles. The van der Waals surface area contributed by atoms with Crippen molar-refractivity contribution < 1.29 is 19.0 Å². The second-order valence-corrected chi connectivity index (χ2v) is 8.02. The van der Waals surface area contributed by atoms with Crippen LogP contribution in [-0.4, -0.2) is 67.9 Å². The molecule has 1 aliphatic heterocycles. The molecule has 0 bridgehead atoms. The number of methoxy groups -OCH3 is 2. The number of hydrogen-bond donors (Lipinski definition) is 2. The summed E-state index contributed by atoms with van der Waals surface area (Å²) in [4.78, 5) is 30.0. The molecule has 11 nitrogen and oxygen atoms in total. The summed E-state index contributed by atoms with van der Waals surface area (Å²) in [6.45, 7) is 4.70. The van der Waals surface area contributed by atoms with Crippen LogP contribution in [0.15, 0.2) is 12.1 Å². The van der Waals surface area contributed by atoms with Crippen molar-refractivity contribution in [3.63, 3.8) is 0 Å². The van der Waals surface area contributed by atoms with E-state index in [9.17, 15) is 4.79 Å². The second-order valence-electron chi connectivity index (χ2n) is 7.04. The Morgan fingerprint density at radius 3 is 2.31 bits per heavy atom. The number of rotatable bonds is 6. The van der Waals surface area contributed by atoms with Crippen molar-refractivity contribution >= 4 is 50.9 Å². The summed E-state index contributed by atoms with van der Waals surface area (Å²) in [5.41, 5.74) is 12.8. The van der Waals surface area contributed by atoms with Gasteiger partial charge in [-0.2, -0.15) is 4.98 Å². The number of ether oxygens (including phenoxy) is 3. The third-order valence-corrected chi connectivity index (χ3v) is 6.27. The van der Waals surface area contributed by atoms with Crippen molar-refractivity contribution in [2.75, 3.05) is 68.3 Å². The van der Waals surface area contributed by atoms with Gasteiger partial charge in [0.05, 0.1) is 26.3 Å². The van der Waals surface area contributed by atoms with Gasteiger partial charge in [0.1, 0.15) is 5.82 Å². The van der Waals surface area contributed by atoms with Gasteiger partial charge in [0.25, 0.3) is 0 Å². The van der Waals surface area contributed by atoms with Gasteiger partial charge >= 0.3 is 5.97 Å². The lowest BCUT2D eigenvalue weighted by molar-refractivity contribution is 0.0533. The van der Waals surface area contributed by atoms with E-state index >= 15 is 0 Å². The predicted molar refractivity (Wildman–Crippen MR) is 124 cm³/mol. The molecule has 3 heterocycles. The second kappa shape index (κ2) is 8.91. The molecule has 170 valence electrons. The highest BCUT2D eigenvalue weighted by atomic mass is 32.1. The molecular weight excluding hydrogens is 434 g/mol. The van der Waals surface area contributed by atoms with Crippen LogP contribution >= 0.6 is 11.3 Å². The molecule has 0 atom stereocenters. The number of carbonyl (C=O) groups excluding carboxylic acids is 1. The van der Waals surface area contributed by atoms with E-state index in [0.29, 0.717) is 70.4 Å². The number of carbonyl (C=O) groups is 1. The Morgan fingerprint density at radius 2 is 1.66 bits per heavy atom. The van der Waals surface area contributed by atoms with Crippen molar-refractivity contribution in [3.05, 3.63) is 17.0 Å². The third kappa shape index (κ3) is 4.00. The number of anilines is 4. The van der Waals surface area contributed by atoms with Gasteiger partial charge in [-0.1, -0.05) is 11.3 Å². The van der Waals surface area contributed by atoms with Crippen molar-refractivity contribution in [1.29, 1.82) is 0 Å². The molecule has 1 saturated heterocycles. The zero-order chi connectivity index (χ0) is 22.8. The molecule has 1 aromatic carbocycles. The number of aromatic nitrogens is 3. The van der Waals surface area contributed by atoms with Gasteiger partial charge in [-0.15, -0.1) is 0 Å². The minimum atomic E-state index is -0.445. The monoisotopic (exact) mass is 459 g/mol. The van der Waals surface area contributed by atoms with Crippen LogP contribution in [0.1, 0.15) is 16.6 Å². The van der Waals surface area contributed by atoms with Gasteiger partial charge in [-0.3, -0.25) is 0 Å². The molecule has 4 rings (SSSR count). The highest BCUT2D eigenvalue weighted by molar-refractivity contribution is 7.18. The molecule has 0 amide bonds. The Balaban J connectivity index is 1.52. The Hall–Kier alpha value is -3.54. The number of piperazine rings is 1. The number of nitrogen functional groups attached to an aromatic ring is 2. The first-order chi connectivity index (χ1) is 15.4. The number of hydrogen-bond acceptors (Lipinski definition) is 12. The molecule has 12 heteroatoms. The van der Waals surface area contributed by atoms with Gasteiger partial charge in [0, 0.05) is 37.6 Å². The maximum atomic E-state index is 12.0. The number of esters is 1. The fourth-order valence-electron chi connectivity index (χ4n) is 3.50. The Morgan fingerprint density at radius 1 is 1.00 bits per heavy atom. The third-order valence-electron chi connectivity index (χ3n) is 5.15. The molecule has 32 heavy (non-hydrogen) atoms. The normalized spacial score (nSPS) is 14.0. The van der Waals surface area contributed by atoms with Crippen molar-refractivity contribution in [2.24, 2.45) is 0 Å². The van der Waals surface area contributed by atoms with E-state index < -0.39 is 5.97 Å². The lowest BCUT2D eigenvalue weighted by Gasteiger charge is -2.34. The SMILES string of the molecule is CCOC(=O)c1sc(N2CCN(c3nc(N)c4cc(OC)c(OC)cc4n3)CC2)nc1N. The van der Waals surface area contributed by atoms with Crippen LogP contribution in [0.5, 0.6) is 11.5 Å². The van der Waals surface area contributed by atoms with Crippen LogP contribution in [0, 0.1) is 0 Å². The molecule has 0 radical (unpaired) electrons. The average Bonchev–Trinajstić information content (AvgIpc) is 3.20. The van der Waals surface area contributed by atoms with E-state index in [-0.39, 0.29) is 12.4 Å². The van der Waals surface area contributed by atoms with Gasteiger partial charge in [0.2, 0.25) is 5.95 Å². The average molecular weight is 460 g/mol. The first-order valence-corrected chi connectivity index (χ1v) is 10.9. The summed E-state index contributed by atoms with van der Waals surface area (Å²) in [7, 11) is 3.15. The highest BCUT2D eigenvalue weighted by Gasteiger charge is 2.25. The van der Waals surface area contributed by atoms with E-state index in [1.54, 1.807) is 33.3 Å². The quantitative estimate of drug-likeness (QED) is 0.521. The van der Waals surface area contributed by atoms with Crippen molar-refractivity contribution in [2.45, 2.75) is 6.92 Å². The van der Waals surface area contributed by atoms with Crippen LogP contribution in [-0.2, 0) is 4.74 Å². The maximum absolute atomic E-state index is 12.0. The van der Waals surface area contributed by atoms with E-state index in [1.165, 1.54) is 11.3 Å². The van der Waals surface area contributed by atoms with Crippen molar-refractivity contribution in [3.8, 4) is 11.5 Å². The smallest absolute Gasteiger partial charge is 0.352 e. The van der Waals surface area contributed by atoms with Crippen LogP contribution in [0.4, 0.5) is 22.7 Å². The summed E-state index contributed by atoms with van der Waals surface area (Å²) in [5.74, 6) is 1.82. The van der Waals surface area contributed by atoms with Gasteiger partial charge < -0.3 is 35.5 Å². The predicted octanol–water partition coefficient (Wildman–Crippen LogP) is 1.77. The van der Waals surface area contributed by atoms with Crippen LogP contribution < -0.4 is 30.7 Å². The lowest BCUT2D eigenvalue weighted by atomic mass is 10.2. The summed E-state index contributed by atoms with van der Waals surface area (Å²) in [6, 6.07) is 3.57. The fraction of sp³-hybridized carbons (Fsp3) is 0.400. The first-order valence-electron chi connectivity index (χ1n) is 10.1. The molecule has 0 spiro atoms. The van der Waals surface area contributed by atoms with E-state index in [4.69, 9.17) is 25.7 Å². The molecule has 1 fully saturated rings. The highest BCUT2D eigenvalue weighted by Crippen LogP contribution is 2.34. The number of nitrogens with zero attached hydrogens (tertiary/aromatic N) is 5. The topological polar surface area (TPSA) is 142 Å². The summed E-state index contributed by atoms with van der Waals surface area (Å²) in [6.07, 6.45) is 0.